The van der Waals surface area contributed by atoms with E-state index in [0.717, 1.165) is 31.4 Å². The number of azo groups is 3. The molecule has 0 saturated heterocycles. The van der Waals surface area contributed by atoms with Crippen LogP contribution in [-0.2, 0) is 20.2 Å². The average Bonchev–Trinajstić information content (AvgIpc) is 3.22. The van der Waals surface area contributed by atoms with Gasteiger partial charge >= 0.3 is 59.1 Å². The molecule has 22 heteroatoms. The fourth-order valence-corrected chi connectivity index (χ4v) is 7.31. The summed E-state index contributed by atoms with van der Waals surface area (Å²) in [5, 5.41) is 37.7. The molecule has 0 spiro atoms. The Labute approximate surface area is 414 Å². The van der Waals surface area contributed by atoms with Gasteiger partial charge in [-0.25, -0.2) is 8.42 Å². The first-order valence-corrected chi connectivity index (χ1v) is 22.0. The van der Waals surface area contributed by atoms with Crippen molar-refractivity contribution in [3.8, 4) is 28.4 Å². The van der Waals surface area contributed by atoms with Crippen LogP contribution < -0.4 is 90.9 Å². The third kappa shape index (κ3) is 12.6. The molecule has 0 atom stereocenters. The van der Waals surface area contributed by atoms with E-state index in [1.807, 2.05) is 19.9 Å². The van der Waals surface area contributed by atoms with Gasteiger partial charge in [0.25, 0.3) is 10.1 Å². The molecule has 0 aromatic heterocycles. The second-order valence-corrected chi connectivity index (χ2v) is 16.5. The molecule has 0 unspecified atom stereocenters. The topological polar surface area (TPSA) is 305 Å². The standard InChI is InChI=1S/C42H43N9O9S2.2Na/c1-3-5-18-59-34-20-25(12-15-32(34)48-47-31-17-14-28(43)24-30(31)44)26-13-16-33(35(21-26)60-19-6-4-2)49-50-40-36(61(53,54)55)22-27-23-37(62(56,57)58)41(42(52)38(27)39(40)45)51-46-29-10-8-7-9-11-29;;/h7-17,20-24,52H,3-6,18-19,43-45H2,1-2H3,(H,53,54,55)(H,56,57,58);;/q;2*+1/p-2. The third-order valence-electron chi connectivity index (χ3n) is 9.20. The van der Waals surface area contributed by atoms with E-state index in [0.29, 0.717) is 52.7 Å². The van der Waals surface area contributed by atoms with Crippen LogP contribution in [0.25, 0.3) is 21.9 Å². The van der Waals surface area contributed by atoms with E-state index in [9.17, 15) is 31.0 Å². The van der Waals surface area contributed by atoms with Crippen molar-refractivity contribution in [2.24, 2.45) is 30.7 Å². The monoisotopic (exact) mass is 925 g/mol. The molecule has 7 N–H and O–H groups in total. The van der Waals surface area contributed by atoms with Crippen LogP contribution in [-0.4, -0.2) is 39.2 Å². The molecular formula is C42H41N9Na2O9S2. The molecule has 0 bridgehead atoms. The van der Waals surface area contributed by atoms with Crippen LogP contribution in [0.15, 0.2) is 138 Å². The summed E-state index contributed by atoms with van der Waals surface area (Å²) in [6.07, 6.45) is 3.16. The van der Waals surface area contributed by atoms with Gasteiger partial charge in [0.05, 0.1) is 40.9 Å². The van der Waals surface area contributed by atoms with Gasteiger partial charge in [0, 0.05) is 11.1 Å². The van der Waals surface area contributed by atoms with Crippen LogP contribution >= 0.6 is 0 Å². The van der Waals surface area contributed by atoms with Crippen molar-refractivity contribution in [2.75, 3.05) is 30.4 Å². The number of benzene rings is 6. The van der Waals surface area contributed by atoms with E-state index in [4.69, 9.17) is 26.7 Å². The number of ether oxygens (including phenoxy) is 2. The Kier molecular flexibility index (Phi) is 18.4. The fourth-order valence-electron chi connectivity index (χ4n) is 6.00. The zero-order valence-electron chi connectivity index (χ0n) is 35.4. The van der Waals surface area contributed by atoms with Crippen LogP contribution in [0.5, 0.6) is 17.2 Å². The van der Waals surface area contributed by atoms with Crippen molar-refractivity contribution in [2.45, 2.75) is 49.3 Å². The van der Waals surface area contributed by atoms with Crippen molar-refractivity contribution in [3.63, 3.8) is 0 Å². The molecule has 6 aromatic rings. The molecule has 0 saturated carbocycles. The van der Waals surface area contributed by atoms with Gasteiger partial charge in [-0.3, -0.25) is 4.55 Å². The second-order valence-electron chi connectivity index (χ2n) is 13.7. The van der Waals surface area contributed by atoms with Gasteiger partial charge in [-0.15, -0.1) is 25.6 Å². The maximum absolute atomic E-state index is 13.9. The zero-order chi connectivity index (χ0) is 44.6. The number of rotatable bonds is 17. The molecule has 0 aliphatic heterocycles. The number of nitrogen functional groups attached to an aromatic ring is 3. The van der Waals surface area contributed by atoms with Gasteiger partial charge < -0.3 is 36.3 Å². The smallest absolute Gasteiger partial charge is 0.870 e. The van der Waals surface area contributed by atoms with Crippen LogP contribution in [0.4, 0.5) is 51.2 Å². The van der Waals surface area contributed by atoms with Gasteiger partial charge in [0.15, 0.2) is 0 Å². The van der Waals surface area contributed by atoms with Crippen molar-refractivity contribution < 1.29 is 99.6 Å². The SMILES string of the molecule is CCCCOc1cc(-c2ccc(N=Nc3c(S(=O)(=O)[O-])cc4cc(S(=O)(=O)O)c(N=Nc5ccccc5)c([O-])c4c3N)c(OCCCC)c2)ccc1N=Nc1ccc(N)cc1N.[Na+].[Na+]. The van der Waals surface area contributed by atoms with Crippen molar-refractivity contribution in [1.29, 1.82) is 0 Å². The summed E-state index contributed by atoms with van der Waals surface area (Å²) < 4.78 is 84.9. The molecule has 0 aliphatic rings. The maximum atomic E-state index is 13.9. The summed E-state index contributed by atoms with van der Waals surface area (Å²) in [6, 6.07) is 24.7. The van der Waals surface area contributed by atoms with E-state index >= 15 is 0 Å². The molecular weight excluding hydrogens is 885 g/mol. The Morgan fingerprint density at radius 1 is 0.625 bits per heavy atom. The minimum Gasteiger partial charge on any atom is -0.870 e. The molecule has 0 heterocycles. The predicted octanol–water partition coefficient (Wildman–Crippen LogP) is 4.09. The minimum absolute atomic E-state index is 0. The summed E-state index contributed by atoms with van der Waals surface area (Å²) in [5.74, 6) is -0.464. The molecule has 18 nitrogen and oxygen atoms in total. The van der Waals surface area contributed by atoms with Gasteiger partial charge in [0.2, 0.25) is 0 Å². The van der Waals surface area contributed by atoms with Crippen molar-refractivity contribution >= 4 is 82.2 Å². The van der Waals surface area contributed by atoms with Gasteiger partial charge in [-0.2, -0.15) is 13.5 Å². The van der Waals surface area contributed by atoms with Gasteiger partial charge in [0.1, 0.15) is 49.3 Å². The van der Waals surface area contributed by atoms with Gasteiger partial charge in [-0.05, 0) is 96.1 Å². The van der Waals surface area contributed by atoms with E-state index in [1.54, 1.807) is 66.7 Å². The normalized spacial score (nSPS) is 11.9. The van der Waals surface area contributed by atoms with E-state index < -0.39 is 63.6 Å². The van der Waals surface area contributed by atoms with Crippen LogP contribution in [0.2, 0.25) is 0 Å². The summed E-state index contributed by atoms with van der Waals surface area (Å²) in [7, 11) is -10.5. The number of hydrogen-bond acceptors (Lipinski definition) is 17. The van der Waals surface area contributed by atoms with E-state index in [-0.39, 0.29) is 82.8 Å². The van der Waals surface area contributed by atoms with Crippen molar-refractivity contribution in [3.05, 3.63) is 97.1 Å². The zero-order valence-corrected chi connectivity index (χ0v) is 41.1. The maximum Gasteiger partial charge on any atom is 1.00 e. The molecule has 0 fully saturated rings. The Balaban J connectivity index is 0.00000449. The Hall–Kier alpha value is -5.00. The Morgan fingerprint density at radius 3 is 1.67 bits per heavy atom. The van der Waals surface area contributed by atoms with E-state index in [1.165, 1.54) is 12.1 Å². The molecule has 322 valence electrons. The first-order chi connectivity index (χ1) is 29.6. The number of anilines is 3. The number of hydrogen-bond donors (Lipinski definition) is 4. The van der Waals surface area contributed by atoms with Crippen molar-refractivity contribution in [1.82, 2.24) is 0 Å². The fraction of sp³-hybridized carbons (Fsp3) is 0.190. The summed E-state index contributed by atoms with van der Waals surface area (Å²) >= 11 is 0. The van der Waals surface area contributed by atoms with Gasteiger partial charge in [-0.1, -0.05) is 62.8 Å². The first-order valence-electron chi connectivity index (χ1n) is 19.1. The number of nitrogens with two attached hydrogens (primary N) is 3. The quantitative estimate of drug-likeness (QED) is 0.0331. The number of unbranched alkanes of at least 4 members (excludes halogenated alkanes) is 2. The third-order valence-corrected chi connectivity index (χ3v) is 10.9. The second kappa shape index (κ2) is 22.8. The molecule has 64 heavy (non-hydrogen) atoms. The van der Waals surface area contributed by atoms with Crippen LogP contribution in [0, 0.1) is 0 Å². The largest absolute Gasteiger partial charge is 1.00 e. The summed E-state index contributed by atoms with van der Waals surface area (Å²) in [5.41, 5.74) is 19.6. The average molecular weight is 926 g/mol. The predicted molar refractivity (Wildman–Crippen MR) is 233 cm³/mol. The Morgan fingerprint density at radius 2 is 1.14 bits per heavy atom. The van der Waals surface area contributed by atoms with E-state index in [2.05, 4.69) is 30.7 Å². The Bertz CT molecular complexity index is 2960. The molecule has 0 amide bonds. The molecule has 0 radical (unpaired) electrons. The molecule has 0 aliphatic carbocycles. The minimum atomic E-state index is -5.39. The molecule has 6 rings (SSSR count). The number of nitrogens with zero attached hydrogens (tertiary/aromatic N) is 6. The molecule has 6 aromatic carbocycles. The summed E-state index contributed by atoms with van der Waals surface area (Å²) in [6.45, 7) is 4.71. The van der Waals surface area contributed by atoms with Crippen LogP contribution in [0.3, 0.4) is 0 Å². The number of fused-ring (bicyclic) bond motifs is 1. The van der Waals surface area contributed by atoms with Crippen LogP contribution in [0.1, 0.15) is 39.5 Å². The summed E-state index contributed by atoms with van der Waals surface area (Å²) in [4.78, 5) is -2.00. The first kappa shape index (κ1) is 51.6.